The molecule has 5 N–H and O–H groups in total. The SMILES string of the molecule is O=C(CCCCCCCCCCc1c(O)cccc1O)c1c(O)cc(O)cc1O. The van der Waals surface area contributed by atoms with Crippen LogP contribution in [0.15, 0.2) is 30.3 Å². The van der Waals surface area contributed by atoms with Gasteiger partial charge in [-0.3, -0.25) is 4.79 Å². The quantitative estimate of drug-likeness (QED) is 0.247. The maximum absolute atomic E-state index is 12.1. The largest absolute Gasteiger partial charge is 0.508 e. The summed E-state index contributed by atoms with van der Waals surface area (Å²) < 4.78 is 0. The molecule has 0 bridgehead atoms. The van der Waals surface area contributed by atoms with E-state index in [2.05, 4.69) is 0 Å². The minimum Gasteiger partial charge on any atom is -0.508 e. The van der Waals surface area contributed by atoms with Gasteiger partial charge in [0.2, 0.25) is 0 Å². The van der Waals surface area contributed by atoms with Crippen LogP contribution in [0.4, 0.5) is 0 Å². The topological polar surface area (TPSA) is 118 Å². The lowest BCUT2D eigenvalue weighted by Crippen LogP contribution is -2.00. The molecule has 0 aliphatic rings. The summed E-state index contributed by atoms with van der Waals surface area (Å²) in [5.41, 5.74) is 0.487. The molecule has 6 heteroatoms. The van der Waals surface area contributed by atoms with Crippen molar-refractivity contribution in [3.05, 3.63) is 41.5 Å². The monoisotopic (exact) mass is 402 g/mol. The van der Waals surface area contributed by atoms with Gasteiger partial charge in [0.05, 0.1) is 0 Å². The molecule has 2 aromatic rings. The van der Waals surface area contributed by atoms with Crippen LogP contribution in [0.5, 0.6) is 28.7 Å². The highest BCUT2D eigenvalue weighted by molar-refractivity contribution is 6.01. The van der Waals surface area contributed by atoms with Crippen molar-refractivity contribution in [2.45, 2.75) is 64.2 Å². The van der Waals surface area contributed by atoms with Gasteiger partial charge in [0.1, 0.15) is 34.3 Å². The maximum atomic E-state index is 12.1. The first-order valence-corrected chi connectivity index (χ1v) is 10.2. The third kappa shape index (κ3) is 6.89. The Morgan fingerprint density at radius 2 is 1.14 bits per heavy atom. The normalized spacial score (nSPS) is 10.9. The van der Waals surface area contributed by atoms with Gasteiger partial charge in [0.15, 0.2) is 5.78 Å². The van der Waals surface area contributed by atoms with Gasteiger partial charge in [-0.05, 0) is 31.4 Å². The third-order valence-electron chi connectivity index (χ3n) is 5.07. The molecule has 0 heterocycles. The van der Waals surface area contributed by atoms with E-state index < -0.39 is 11.5 Å². The molecule has 6 nitrogen and oxygen atoms in total. The van der Waals surface area contributed by atoms with Crippen LogP contribution in [-0.4, -0.2) is 31.3 Å². The Hall–Kier alpha value is -2.89. The standard InChI is InChI=1S/C23H30O6/c24-16-14-21(28)23(22(29)15-16)20(27)11-8-6-4-2-1-3-5-7-10-17-18(25)12-9-13-19(17)26/h9,12-15,24-26,28-29H,1-8,10-11H2. The number of phenolic OH excluding ortho intramolecular Hbond substituents is 5. The van der Waals surface area contributed by atoms with Crippen LogP contribution < -0.4 is 0 Å². The first-order chi connectivity index (χ1) is 13.9. The average molecular weight is 402 g/mol. The number of rotatable bonds is 12. The number of hydrogen-bond acceptors (Lipinski definition) is 6. The molecule has 0 unspecified atom stereocenters. The predicted octanol–water partition coefficient (Wildman–Crippen LogP) is 5.15. The molecule has 0 fully saturated rings. The van der Waals surface area contributed by atoms with Crippen molar-refractivity contribution in [2.24, 2.45) is 0 Å². The van der Waals surface area contributed by atoms with Gasteiger partial charge < -0.3 is 25.5 Å². The lowest BCUT2D eigenvalue weighted by Gasteiger charge is -2.08. The average Bonchev–Trinajstić information content (AvgIpc) is 2.64. The van der Waals surface area contributed by atoms with Crippen molar-refractivity contribution in [3.63, 3.8) is 0 Å². The second-order valence-corrected chi connectivity index (χ2v) is 7.39. The zero-order chi connectivity index (χ0) is 21.2. The highest BCUT2D eigenvalue weighted by Crippen LogP contribution is 2.33. The first kappa shape index (κ1) is 22.4. The minimum atomic E-state index is -0.398. The van der Waals surface area contributed by atoms with Gasteiger partial charge in [-0.2, -0.15) is 0 Å². The van der Waals surface area contributed by atoms with E-state index in [0.717, 1.165) is 57.1 Å². The van der Waals surface area contributed by atoms with Crippen molar-refractivity contribution in [1.29, 1.82) is 0 Å². The molecule has 29 heavy (non-hydrogen) atoms. The van der Waals surface area contributed by atoms with Gasteiger partial charge >= 0.3 is 0 Å². The Balaban J connectivity index is 1.54. The molecule has 0 spiro atoms. The van der Waals surface area contributed by atoms with E-state index in [4.69, 9.17) is 0 Å². The van der Waals surface area contributed by atoms with Gasteiger partial charge in [0.25, 0.3) is 0 Å². The van der Waals surface area contributed by atoms with E-state index in [1.54, 1.807) is 18.2 Å². The number of hydrogen-bond donors (Lipinski definition) is 5. The molecule has 2 rings (SSSR count). The Morgan fingerprint density at radius 1 is 0.655 bits per heavy atom. The summed E-state index contributed by atoms with van der Waals surface area (Å²) in [5, 5.41) is 48.2. The molecule has 0 atom stereocenters. The Kier molecular flexibility index (Phi) is 8.65. The fourth-order valence-electron chi connectivity index (χ4n) is 3.48. The summed E-state index contributed by atoms with van der Waals surface area (Å²) in [5.74, 6) is -1.11. The predicted molar refractivity (Wildman–Crippen MR) is 111 cm³/mol. The van der Waals surface area contributed by atoms with Crippen LogP contribution in [0.3, 0.4) is 0 Å². The lowest BCUT2D eigenvalue weighted by molar-refractivity contribution is 0.0973. The van der Waals surface area contributed by atoms with E-state index in [-0.39, 0.29) is 35.0 Å². The van der Waals surface area contributed by atoms with Gasteiger partial charge in [0, 0.05) is 24.1 Å². The van der Waals surface area contributed by atoms with Crippen molar-refractivity contribution in [3.8, 4) is 28.7 Å². The molecular weight excluding hydrogens is 372 g/mol. The second kappa shape index (κ2) is 11.2. The van der Waals surface area contributed by atoms with E-state index in [1.165, 1.54) is 0 Å². The molecule has 158 valence electrons. The van der Waals surface area contributed by atoms with Crippen LogP contribution in [0.25, 0.3) is 0 Å². The summed E-state index contributed by atoms with van der Waals surface area (Å²) in [6, 6.07) is 6.90. The zero-order valence-electron chi connectivity index (χ0n) is 16.6. The molecule has 0 radical (unpaired) electrons. The number of phenols is 5. The second-order valence-electron chi connectivity index (χ2n) is 7.39. The van der Waals surface area contributed by atoms with Crippen molar-refractivity contribution in [1.82, 2.24) is 0 Å². The first-order valence-electron chi connectivity index (χ1n) is 10.2. The number of benzene rings is 2. The lowest BCUT2D eigenvalue weighted by atomic mass is 10.0. The number of unbranched alkanes of at least 4 members (excludes halogenated alkanes) is 7. The number of aromatic hydroxyl groups is 5. The molecule has 0 aromatic heterocycles. The van der Waals surface area contributed by atoms with Crippen LogP contribution in [0, 0.1) is 0 Å². The highest BCUT2D eigenvalue weighted by atomic mass is 16.3. The minimum absolute atomic E-state index is 0.127. The Bertz CT molecular complexity index is 772. The van der Waals surface area contributed by atoms with Crippen LogP contribution in [0.1, 0.15) is 73.7 Å². The summed E-state index contributed by atoms with van der Waals surface area (Å²) in [7, 11) is 0. The Labute approximate surface area is 171 Å². The number of carbonyl (C=O) groups excluding carboxylic acids is 1. The number of Topliss-reactive ketones (excluding diaryl/α,β-unsaturated/α-hetero) is 1. The fraction of sp³-hybridized carbons (Fsp3) is 0.435. The summed E-state index contributed by atoms with van der Waals surface area (Å²) in [6.45, 7) is 0. The number of ketones is 1. The summed E-state index contributed by atoms with van der Waals surface area (Å²) in [4.78, 5) is 12.1. The summed E-state index contributed by atoms with van der Waals surface area (Å²) >= 11 is 0. The maximum Gasteiger partial charge on any atom is 0.170 e. The smallest absolute Gasteiger partial charge is 0.170 e. The molecular formula is C23H30O6. The molecule has 2 aromatic carbocycles. The van der Waals surface area contributed by atoms with Crippen molar-refractivity contribution >= 4 is 5.78 Å². The molecule has 0 amide bonds. The molecule has 0 aliphatic heterocycles. The number of carbonyl (C=O) groups is 1. The van der Waals surface area contributed by atoms with E-state index in [0.29, 0.717) is 18.4 Å². The fourth-order valence-corrected chi connectivity index (χ4v) is 3.48. The van der Waals surface area contributed by atoms with Gasteiger partial charge in [-0.15, -0.1) is 0 Å². The van der Waals surface area contributed by atoms with Crippen LogP contribution >= 0.6 is 0 Å². The summed E-state index contributed by atoms with van der Waals surface area (Å²) in [6.07, 6.45) is 8.72. The molecule has 0 saturated carbocycles. The molecule has 0 saturated heterocycles. The van der Waals surface area contributed by atoms with Gasteiger partial charge in [-0.1, -0.05) is 44.6 Å². The molecule has 0 aliphatic carbocycles. The third-order valence-corrected chi connectivity index (χ3v) is 5.07. The van der Waals surface area contributed by atoms with Crippen molar-refractivity contribution < 1.29 is 30.3 Å². The van der Waals surface area contributed by atoms with Crippen LogP contribution in [-0.2, 0) is 6.42 Å². The van der Waals surface area contributed by atoms with E-state index in [1.807, 2.05) is 0 Å². The van der Waals surface area contributed by atoms with E-state index in [9.17, 15) is 30.3 Å². The van der Waals surface area contributed by atoms with Crippen molar-refractivity contribution in [2.75, 3.05) is 0 Å². The highest BCUT2D eigenvalue weighted by Gasteiger charge is 2.17. The van der Waals surface area contributed by atoms with Crippen LogP contribution in [0.2, 0.25) is 0 Å². The Morgan fingerprint density at radius 3 is 1.69 bits per heavy atom. The van der Waals surface area contributed by atoms with E-state index >= 15 is 0 Å². The van der Waals surface area contributed by atoms with Gasteiger partial charge in [-0.25, -0.2) is 0 Å². The zero-order valence-corrected chi connectivity index (χ0v) is 16.6.